The number of phenolic OH excluding ortho intramolecular Hbond substituents is 1. The van der Waals surface area contributed by atoms with Crippen LogP contribution >= 0.6 is 11.8 Å². The van der Waals surface area contributed by atoms with Gasteiger partial charge in [-0.3, -0.25) is 14.5 Å². The van der Waals surface area contributed by atoms with Crippen molar-refractivity contribution in [2.45, 2.75) is 94.8 Å². The molecular formula is C34H49N3O4S. The maximum atomic E-state index is 13.5. The molecule has 4 N–H and O–H groups in total. The van der Waals surface area contributed by atoms with Crippen LogP contribution < -0.4 is 10.6 Å². The third-order valence-corrected chi connectivity index (χ3v) is 8.95. The van der Waals surface area contributed by atoms with Crippen molar-refractivity contribution in [2.24, 2.45) is 5.92 Å². The Morgan fingerprint density at radius 2 is 1.88 bits per heavy atom. The van der Waals surface area contributed by atoms with E-state index >= 15 is 0 Å². The van der Waals surface area contributed by atoms with Crippen LogP contribution in [0, 0.1) is 12.8 Å². The average molecular weight is 596 g/mol. The van der Waals surface area contributed by atoms with E-state index in [1.165, 1.54) is 0 Å². The Morgan fingerprint density at radius 3 is 2.57 bits per heavy atom. The van der Waals surface area contributed by atoms with Gasteiger partial charge >= 0.3 is 0 Å². The smallest absolute Gasteiger partial charge is 0.252 e. The Labute approximate surface area is 256 Å². The van der Waals surface area contributed by atoms with Crippen molar-refractivity contribution in [1.82, 2.24) is 15.5 Å². The first-order valence-electron chi connectivity index (χ1n) is 15.1. The van der Waals surface area contributed by atoms with Crippen LogP contribution in [0.5, 0.6) is 5.75 Å². The number of rotatable bonds is 14. The summed E-state index contributed by atoms with van der Waals surface area (Å²) < 4.78 is 0. The van der Waals surface area contributed by atoms with Crippen LogP contribution in [-0.2, 0) is 4.79 Å². The molecule has 0 saturated carbocycles. The number of allylic oxidation sites excluding steroid dienone is 1. The molecule has 42 heavy (non-hydrogen) atoms. The van der Waals surface area contributed by atoms with Gasteiger partial charge in [-0.15, -0.1) is 18.3 Å². The second-order valence-corrected chi connectivity index (χ2v) is 13.5. The molecular weight excluding hydrogens is 546 g/mol. The molecule has 1 fully saturated rings. The van der Waals surface area contributed by atoms with Gasteiger partial charge in [-0.1, -0.05) is 43.2 Å². The van der Waals surface area contributed by atoms with E-state index < -0.39 is 12.1 Å². The van der Waals surface area contributed by atoms with E-state index in [2.05, 4.69) is 22.1 Å². The summed E-state index contributed by atoms with van der Waals surface area (Å²) in [5, 5.41) is 27.9. The predicted octanol–water partition coefficient (Wildman–Crippen LogP) is 5.69. The molecule has 2 amide bonds. The van der Waals surface area contributed by atoms with Gasteiger partial charge in [0, 0.05) is 33.9 Å². The molecule has 0 aromatic heterocycles. The van der Waals surface area contributed by atoms with Crippen molar-refractivity contribution in [2.75, 3.05) is 18.8 Å². The van der Waals surface area contributed by atoms with Crippen LogP contribution in [-0.4, -0.2) is 69.5 Å². The average Bonchev–Trinajstić information content (AvgIpc) is 2.95. The lowest BCUT2D eigenvalue weighted by molar-refractivity contribution is -0.130. The summed E-state index contributed by atoms with van der Waals surface area (Å²) in [6.07, 6.45) is 7.09. The minimum absolute atomic E-state index is 0.0138. The third-order valence-electron chi connectivity index (χ3n) is 7.82. The number of likely N-dealkylation sites (tertiary alicyclic amines) is 1. The number of β-amino-alcohol motifs (C(OH)–C–C–N with tert-alkyl or cyclic N) is 1. The Bertz CT molecular complexity index is 1170. The number of thioether (sulfide) groups is 1. The van der Waals surface area contributed by atoms with Gasteiger partial charge in [0.1, 0.15) is 5.75 Å². The number of piperidine rings is 1. The van der Waals surface area contributed by atoms with Gasteiger partial charge in [-0.25, -0.2) is 0 Å². The number of nitrogens with one attached hydrogen (secondary N) is 2. The van der Waals surface area contributed by atoms with Crippen LogP contribution in [0.25, 0.3) is 0 Å². The number of carbonyl (C=O) groups excluding carboxylic acids is 2. The van der Waals surface area contributed by atoms with Crippen LogP contribution in [0.15, 0.2) is 66.1 Å². The maximum absolute atomic E-state index is 13.5. The number of phenols is 1. The predicted molar refractivity (Wildman–Crippen MR) is 172 cm³/mol. The second kappa shape index (κ2) is 16.1. The normalized spacial score (nSPS) is 19.1. The monoisotopic (exact) mass is 595 g/mol. The molecule has 2 aromatic rings. The molecule has 2 aromatic carbocycles. The number of aliphatic hydroxyl groups is 1. The summed E-state index contributed by atoms with van der Waals surface area (Å²) in [6, 6.07) is 13.8. The number of aliphatic hydroxyl groups excluding tert-OH is 1. The van der Waals surface area contributed by atoms with Crippen LogP contribution in [0.1, 0.15) is 75.2 Å². The second-order valence-electron chi connectivity index (χ2n) is 12.4. The molecule has 4 atom stereocenters. The highest BCUT2D eigenvalue weighted by molar-refractivity contribution is 7.99. The molecule has 0 spiro atoms. The fourth-order valence-electron chi connectivity index (χ4n) is 5.45. The topological polar surface area (TPSA) is 102 Å². The molecule has 0 aliphatic carbocycles. The molecule has 0 radical (unpaired) electrons. The number of hydrogen-bond donors (Lipinski definition) is 4. The molecule has 1 saturated heterocycles. The van der Waals surface area contributed by atoms with Gasteiger partial charge in [0.25, 0.3) is 5.91 Å². The van der Waals surface area contributed by atoms with Crippen molar-refractivity contribution in [3.05, 3.63) is 72.3 Å². The minimum Gasteiger partial charge on any atom is -0.508 e. The number of amides is 2. The number of carbonyl (C=O) groups is 2. The van der Waals surface area contributed by atoms with Crippen molar-refractivity contribution in [1.29, 1.82) is 0 Å². The summed E-state index contributed by atoms with van der Waals surface area (Å²) in [5.41, 5.74) is 0.505. The van der Waals surface area contributed by atoms with E-state index in [1.54, 1.807) is 36.9 Å². The van der Waals surface area contributed by atoms with Crippen molar-refractivity contribution in [3.8, 4) is 5.75 Å². The van der Waals surface area contributed by atoms with E-state index in [1.807, 2.05) is 57.2 Å². The molecule has 8 heteroatoms. The summed E-state index contributed by atoms with van der Waals surface area (Å²) in [6.45, 7) is 12.4. The van der Waals surface area contributed by atoms with Gasteiger partial charge in [0.2, 0.25) is 5.91 Å². The van der Waals surface area contributed by atoms with Crippen LogP contribution in [0.2, 0.25) is 0 Å². The van der Waals surface area contributed by atoms with E-state index in [4.69, 9.17) is 0 Å². The molecule has 1 unspecified atom stereocenters. The number of benzene rings is 2. The Balaban J connectivity index is 1.77. The lowest BCUT2D eigenvalue weighted by Crippen LogP contribution is -2.58. The summed E-state index contributed by atoms with van der Waals surface area (Å²) >= 11 is 1.56. The fourth-order valence-corrected chi connectivity index (χ4v) is 6.48. The van der Waals surface area contributed by atoms with E-state index in [9.17, 15) is 19.8 Å². The zero-order valence-electron chi connectivity index (χ0n) is 25.6. The lowest BCUT2D eigenvalue weighted by Gasteiger charge is -2.41. The molecule has 1 heterocycles. The first-order chi connectivity index (χ1) is 20.0. The van der Waals surface area contributed by atoms with Crippen molar-refractivity contribution < 1.29 is 19.8 Å². The maximum Gasteiger partial charge on any atom is 0.252 e. The third kappa shape index (κ3) is 10.5. The fraction of sp³-hybridized carbons (Fsp3) is 0.529. The van der Waals surface area contributed by atoms with Crippen LogP contribution in [0.3, 0.4) is 0 Å². The first-order valence-corrected chi connectivity index (χ1v) is 16.1. The molecule has 1 aliphatic heterocycles. The quantitative estimate of drug-likeness (QED) is 0.127. The van der Waals surface area contributed by atoms with Crippen molar-refractivity contribution in [3.63, 3.8) is 0 Å². The molecule has 230 valence electrons. The molecule has 7 nitrogen and oxygen atoms in total. The van der Waals surface area contributed by atoms with Gasteiger partial charge in [0.05, 0.1) is 18.2 Å². The van der Waals surface area contributed by atoms with Gasteiger partial charge in [-0.05, 0) is 90.1 Å². The highest BCUT2D eigenvalue weighted by Gasteiger charge is 2.37. The van der Waals surface area contributed by atoms with E-state index in [0.29, 0.717) is 29.3 Å². The molecule has 1 aliphatic rings. The van der Waals surface area contributed by atoms with Crippen molar-refractivity contribution >= 4 is 23.6 Å². The van der Waals surface area contributed by atoms with Crippen LogP contribution in [0.4, 0.5) is 0 Å². The van der Waals surface area contributed by atoms with E-state index in [0.717, 1.165) is 43.4 Å². The number of hydrogen-bond acceptors (Lipinski definition) is 6. The first kappa shape index (κ1) is 33.7. The summed E-state index contributed by atoms with van der Waals surface area (Å²) in [5.74, 6) is 0.602. The standard InChI is InChI=1S/C34H49N3O4S/c1-6-7-8-10-14-25-19-20-37(29(21-25)33(41)36-34(3,4)5)22-31(39)28(23-42-26-15-11-9-12-16-26)35-32(40)27-17-13-18-30(38)24(27)2/h6,9,11-13,15-18,25,28-29,31,38-39H,1,7-8,10,14,19-23H2,2-5H3,(H,35,40)(H,36,41)/t25?,28-,29+,31+/m1/s1. The number of nitrogens with zero attached hydrogens (tertiary/aromatic N) is 1. The van der Waals surface area contributed by atoms with E-state index in [-0.39, 0.29) is 35.7 Å². The zero-order chi connectivity index (χ0) is 30.7. The van der Waals surface area contributed by atoms with Gasteiger partial charge in [0.15, 0.2) is 0 Å². The largest absolute Gasteiger partial charge is 0.508 e. The summed E-state index contributed by atoms with van der Waals surface area (Å²) in [7, 11) is 0. The Kier molecular flexibility index (Phi) is 13.0. The Hall–Kier alpha value is -2.81. The highest BCUT2D eigenvalue weighted by atomic mass is 32.2. The molecule has 0 bridgehead atoms. The number of aromatic hydroxyl groups is 1. The molecule has 3 rings (SSSR count). The van der Waals surface area contributed by atoms with Gasteiger partial charge in [-0.2, -0.15) is 0 Å². The number of unbranched alkanes of at least 4 members (excludes halogenated alkanes) is 2. The zero-order valence-corrected chi connectivity index (χ0v) is 26.5. The Morgan fingerprint density at radius 1 is 1.14 bits per heavy atom. The summed E-state index contributed by atoms with van der Waals surface area (Å²) in [4.78, 5) is 30.0. The SMILES string of the molecule is C=CCCCCC1CCN(C[C@H](O)[C@@H](CSc2ccccc2)NC(=O)c2cccc(O)c2C)[C@H](C(=O)NC(C)(C)C)C1. The lowest BCUT2D eigenvalue weighted by atomic mass is 9.85. The highest BCUT2D eigenvalue weighted by Crippen LogP contribution is 2.29. The minimum atomic E-state index is -0.906. The van der Waals surface area contributed by atoms with Gasteiger partial charge < -0.3 is 20.8 Å².